The van der Waals surface area contributed by atoms with Crippen molar-refractivity contribution >= 4 is 46.4 Å². The Labute approximate surface area is 172 Å². The van der Waals surface area contributed by atoms with Crippen molar-refractivity contribution < 1.29 is 19.1 Å². The molecule has 3 rings (SSSR count). The Morgan fingerprint density at radius 1 is 1.21 bits per heavy atom. The lowest BCUT2D eigenvalue weighted by Gasteiger charge is -2.31. The van der Waals surface area contributed by atoms with Gasteiger partial charge in [-0.2, -0.15) is 0 Å². The highest BCUT2D eigenvalue weighted by Crippen LogP contribution is 2.22. The molecule has 1 aliphatic heterocycles. The number of likely N-dealkylation sites (tertiary alicyclic amines) is 1. The van der Waals surface area contributed by atoms with Gasteiger partial charge in [0.15, 0.2) is 6.10 Å². The van der Waals surface area contributed by atoms with E-state index < -0.39 is 18.0 Å². The van der Waals surface area contributed by atoms with E-state index in [2.05, 4.69) is 5.32 Å². The zero-order chi connectivity index (χ0) is 20.1. The summed E-state index contributed by atoms with van der Waals surface area (Å²) in [4.78, 5) is 39.4. The summed E-state index contributed by atoms with van der Waals surface area (Å²) < 4.78 is 5.34. The fourth-order valence-electron chi connectivity index (χ4n) is 3.01. The lowest BCUT2D eigenvalue weighted by Crippen LogP contribution is -2.41. The van der Waals surface area contributed by atoms with E-state index in [4.69, 9.17) is 16.3 Å². The van der Waals surface area contributed by atoms with Crippen molar-refractivity contribution in [3.05, 3.63) is 51.7 Å². The number of ether oxygens (including phenoxy) is 1. The summed E-state index contributed by atoms with van der Waals surface area (Å²) in [5.74, 6) is -1.14. The highest BCUT2D eigenvalue weighted by atomic mass is 35.5. The molecule has 0 aliphatic carbocycles. The number of hydrogen-bond acceptors (Lipinski definition) is 5. The van der Waals surface area contributed by atoms with Crippen molar-refractivity contribution in [2.75, 3.05) is 18.4 Å². The molecule has 0 spiro atoms. The highest BCUT2D eigenvalue weighted by molar-refractivity contribution is 7.12. The molecule has 1 aliphatic rings. The maximum Gasteiger partial charge on any atom is 0.309 e. The van der Waals surface area contributed by atoms with Gasteiger partial charge < -0.3 is 15.0 Å². The number of rotatable bonds is 5. The van der Waals surface area contributed by atoms with Crippen LogP contribution in [-0.2, 0) is 14.3 Å². The number of piperidine rings is 1. The lowest BCUT2D eigenvalue weighted by atomic mass is 9.97. The first-order valence-corrected chi connectivity index (χ1v) is 10.3. The number of hydrogen-bond donors (Lipinski definition) is 1. The van der Waals surface area contributed by atoms with E-state index in [1.807, 2.05) is 11.4 Å². The molecular formula is C20H21ClN2O4S. The van der Waals surface area contributed by atoms with E-state index in [1.54, 1.807) is 35.2 Å². The van der Waals surface area contributed by atoms with E-state index in [0.717, 1.165) is 0 Å². The second-order valence-corrected chi connectivity index (χ2v) is 8.01. The number of esters is 1. The quantitative estimate of drug-likeness (QED) is 0.746. The maximum absolute atomic E-state index is 12.4. The first kappa shape index (κ1) is 20.4. The Balaban J connectivity index is 1.47. The van der Waals surface area contributed by atoms with Gasteiger partial charge >= 0.3 is 5.97 Å². The molecule has 1 aromatic heterocycles. The molecular weight excluding hydrogens is 400 g/mol. The van der Waals surface area contributed by atoms with Crippen LogP contribution in [0.5, 0.6) is 0 Å². The number of amides is 2. The number of carbonyl (C=O) groups is 3. The van der Waals surface area contributed by atoms with Crippen LogP contribution in [0.3, 0.4) is 0 Å². The zero-order valence-corrected chi connectivity index (χ0v) is 17.0. The summed E-state index contributed by atoms with van der Waals surface area (Å²) in [6.07, 6.45) is 0.134. The summed E-state index contributed by atoms with van der Waals surface area (Å²) in [6, 6.07) is 10.4. The molecule has 2 heterocycles. The van der Waals surface area contributed by atoms with Crippen LogP contribution in [0.2, 0.25) is 5.02 Å². The number of anilines is 1. The molecule has 0 unspecified atom stereocenters. The Morgan fingerprint density at radius 3 is 2.61 bits per heavy atom. The molecule has 1 atom stereocenters. The molecule has 1 N–H and O–H groups in total. The van der Waals surface area contributed by atoms with Gasteiger partial charge in [-0.15, -0.1) is 11.3 Å². The van der Waals surface area contributed by atoms with E-state index in [-0.39, 0.29) is 11.8 Å². The van der Waals surface area contributed by atoms with Gasteiger partial charge in [-0.25, -0.2) is 0 Å². The maximum atomic E-state index is 12.4. The Hall–Kier alpha value is -2.38. The van der Waals surface area contributed by atoms with Crippen molar-refractivity contribution in [3.8, 4) is 0 Å². The van der Waals surface area contributed by atoms with Crippen LogP contribution in [0, 0.1) is 5.92 Å². The number of carbonyl (C=O) groups excluding carboxylic acids is 3. The van der Waals surface area contributed by atoms with Crippen molar-refractivity contribution in [1.82, 2.24) is 4.90 Å². The monoisotopic (exact) mass is 420 g/mol. The van der Waals surface area contributed by atoms with E-state index in [0.29, 0.717) is 41.5 Å². The van der Waals surface area contributed by atoms with E-state index in [1.165, 1.54) is 18.3 Å². The van der Waals surface area contributed by atoms with E-state index in [9.17, 15) is 14.4 Å². The molecule has 148 valence electrons. The number of halogens is 1. The summed E-state index contributed by atoms with van der Waals surface area (Å²) in [5, 5.41) is 5.05. The molecule has 1 fully saturated rings. The third kappa shape index (κ3) is 5.11. The summed E-state index contributed by atoms with van der Waals surface area (Å²) in [5.41, 5.74) is 0.542. The van der Waals surface area contributed by atoms with Crippen LogP contribution in [0.4, 0.5) is 5.69 Å². The Kier molecular flexibility index (Phi) is 6.70. The topological polar surface area (TPSA) is 75.7 Å². The smallest absolute Gasteiger partial charge is 0.309 e. The fraction of sp³-hybridized carbons (Fsp3) is 0.350. The van der Waals surface area contributed by atoms with Gasteiger partial charge in [-0.05, 0) is 49.4 Å². The molecule has 0 bridgehead atoms. The van der Waals surface area contributed by atoms with Gasteiger partial charge in [0.2, 0.25) is 0 Å². The van der Waals surface area contributed by atoms with Crippen molar-refractivity contribution in [3.63, 3.8) is 0 Å². The van der Waals surface area contributed by atoms with E-state index >= 15 is 0 Å². The number of thiophene rings is 1. The van der Waals surface area contributed by atoms with Gasteiger partial charge in [0.25, 0.3) is 11.8 Å². The number of nitrogens with zero attached hydrogens (tertiary/aromatic N) is 1. The molecule has 6 nitrogen and oxygen atoms in total. The Morgan fingerprint density at radius 2 is 1.96 bits per heavy atom. The molecule has 28 heavy (non-hydrogen) atoms. The molecule has 1 aromatic carbocycles. The van der Waals surface area contributed by atoms with Gasteiger partial charge in [-0.3, -0.25) is 14.4 Å². The first-order valence-electron chi connectivity index (χ1n) is 9.03. The highest BCUT2D eigenvalue weighted by Gasteiger charge is 2.31. The van der Waals surface area contributed by atoms with Crippen LogP contribution in [0.15, 0.2) is 41.8 Å². The van der Waals surface area contributed by atoms with Crippen LogP contribution in [0.1, 0.15) is 29.4 Å². The van der Waals surface area contributed by atoms with Crippen LogP contribution < -0.4 is 5.32 Å². The van der Waals surface area contributed by atoms with Crippen molar-refractivity contribution in [2.24, 2.45) is 5.92 Å². The lowest BCUT2D eigenvalue weighted by molar-refractivity contribution is -0.158. The molecule has 8 heteroatoms. The minimum atomic E-state index is -0.919. The summed E-state index contributed by atoms with van der Waals surface area (Å²) >= 11 is 7.31. The largest absolute Gasteiger partial charge is 0.452 e. The van der Waals surface area contributed by atoms with Crippen LogP contribution in [0.25, 0.3) is 0 Å². The second kappa shape index (κ2) is 9.21. The second-order valence-electron chi connectivity index (χ2n) is 6.62. The summed E-state index contributed by atoms with van der Waals surface area (Å²) in [7, 11) is 0. The van der Waals surface area contributed by atoms with Gasteiger partial charge in [0, 0.05) is 23.8 Å². The molecule has 0 radical (unpaired) electrons. The van der Waals surface area contributed by atoms with Gasteiger partial charge in [-0.1, -0.05) is 23.7 Å². The van der Waals surface area contributed by atoms with Crippen LogP contribution >= 0.6 is 22.9 Å². The third-order valence-electron chi connectivity index (χ3n) is 4.60. The summed E-state index contributed by atoms with van der Waals surface area (Å²) in [6.45, 7) is 2.53. The first-order chi connectivity index (χ1) is 13.4. The number of nitrogens with one attached hydrogen (secondary N) is 1. The normalized spacial score (nSPS) is 15.7. The molecule has 0 saturated carbocycles. The average Bonchev–Trinajstić information content (AvgIpc) is 3.22. The Bertz CT molecular complexity index is 848. The minimum absolute atomic E-state index is 0.00362. The van der Waals surface area contributed by atoms with Crippen LogP contribution in [-0.4, -0.2) is 41.9 Å². The van der Waals surface area contributed by atoms with Gasteiger partial charge in [0.05, 0.1) is 10.8 Å². The molecule has 2 aromatic rings. The minimum Gasteiger partial charge on any atom is -0.452 e. The van der Waals surface area contributed by atoms with Crippen molar-refractivity contribution in [1.29, 1.82) is 0 Å². The van der Waals surface area contributed by atoms with Crippen molar-refractivity contribution in [2.45, 2.75) is 25.9 Å². The molecule has 2 amide bonds. The standard InChI is InChI=1S/C20H21ClN2O4S/c1-13(18(24)22-16-5-2-4-15(21)12-16)27-20(26)14-7-9-23(10-8-14)19(25)17-6-3-11-28-17/h2-6,11-14H,7-10H2,1H3,(H,22,24)/t13-/m0/s1. The van der Waals surface area contributed by atoms with Gasteiger partial charge in [0.1, 0.15) is 0 Å². The average molecular weight is 421 g/mol. The number of benzene rings is 1. The molecule has 1 saturated heterocycles. The predicted octanol–water partition coefficient (Wildman–Crippen LogP) is 3.82. The third-order valence-corrected chi connectivity index (χ3v) is 5.69. The fourth-order valence-corrected chi connectivity index (χ4v) is 3.89. The zero-order valence-electron chi connectivity index (χ0n) is 15.4. The predicted molar refractivity (Wildman–Crippen MR) is 109 cm³/mol. The SMILES string of the molecule is C[C@H](OC(=O)C1CCN(C(=O)c2cccs2)CC1)C(=O)Nc1cccc(Cl)c1.